The third-order valence-electron chi connectivity index (χ3n) is 4.81. The molecule has 0 bridgehead atoms. The van der Waals surface area contributed by atoms with E-state index in [1.807, 2.05) is 11.8 Å². The summed E-state index contributed by atoms with van der Waals surface area (Å²) in [6.45, 7) is 4.90. The molecule has 1 fully saturated rings. The summed E-state index contributed by atoms with van der Waals surface area (Å²) in [5.74, 6) is -0.245. The van der Waals surface area contributed by atoms with Crippen molar-refractivity contribution in [2.24, 2.45) is 7.05 Å². The zero-order valence-corrected chi connectivity index (χ0v) is 19.5. The highest BCUT2D eigenvalue weighted by atomic mass is 35.5. The number of nitrogens with zero attached hydrogens (tertiary/aromatic N) is 3. The number of ether oxygens (including phenoxy) is 2. The largest absolute Gasteiger partial charge is 0.477 e. The van der Waals surface area contributed by atoms with Gasteiger partial charge in [-0.05, 0) is 38.8 Å². The number of hydrogen-bond acceptors (Lipinski definition) is 6. The Morgan fingerprint density at radius 3 is 2.50 bits per heavy atom. The summed E-state index contributed by atoms with van der Waals surface area (Å²) >= 11 is 14.0. The van der Waals surface area contributed by atoms with Crippen molar-refractivity contribution in [3.8, 4) is 5.75 Å². The second-order valence-electron chi connectivity index (χ2n) is 6.99. The first-order valence-corrected chi connectivity index (χ1v) is 11.0. The molecule has 30 heavy (non-hydrogen) atoms. The molecular formula is C20H23Cl2N3O4S. The van der Waals surface area contributed by atoms with Gasteiger partial charge in [0.2, 0.25) is 0 Å². The van der Waals surface area contributed by atoms with Crippen LogP contribution in [0.15, 0.2) is 22.1 Å². The molecule has 1 atom stereocenters. The number of aryl methyl sites for hydroxylation is 2. The van der Waals surface area contributed by atoms with Gasteiger partial charge in [-0.25, -0.2) is 4.79 Å². The van der Waals surface area contributed by atoms with Crippen molar-refractivity contribution in [2.75, 3.05) is 20.2 Å². The molecule has 1 aliphatic rings. The SMILES string of the molecule is COC(=O)[C@H](C)Oc1cc(Sc2c(C(=O)N3CCCC3)c(C)nn2C)c(Cl)cc1Cl. The molecule has 2 heterocycles. The van der Waals surface area contributed by atoms with Gasteiger partial charge in [0.05, 0.1) is 28.4 Å². The standard InChI is InChI=1S/C20H23Cl2N3O4S/c1-11-17(18(26)25-7-5-6-8-25)19(24(3)23-11)30-16-10-15(13(21)9-14(16)22)29-12(2)20(27)28-4/h9-10,12H,5-8H2,1-4H3/t12-/m0/s1. The van der Waals surface area contributed by atoms with Crippen LogP contribution in [0.25, 0.3) is 0 Å². The average Bonchev–Trinajstić information content (AvgIpc) is 3.32. The first-order chi connectivity index (χ1) is 14.2. The van der Waals surface area contributed by atoms with Gasteiger partial charge in [0.1, 0.15) is 10.8 Å². The van der Waals surface area contributed by atoms with Crippen molar-refractivity contribution >= 4 is 46.8 Å². The van der Waals surface area contributed by atoms with E-state index in [1.54, 1.807) is 30.8 Å². The quantitative estimate of drug-likeness (QED) is 0.582. The van der Waals surface area contributed by atoms with Gasteiger partial charge in [0.25, 0.3) is 5.91 Å². The van der Waals surface area contributed by atoms with Crippen molar-refractivity contribution in [1.29, 1.82) is 0 Å². The van der Waals surface area contributed by atoms with Crippen molar-refractivity contribution in [1.82, 2.24) is 14.7 Å². The minimum absolute atomic E-state index is 0.0264. The van der Waals surface area contributed by atoms with Crippen molar-refractivity contribution in [3.63, 3.8) is 0 Å². The van der Waals surface area contributed by atoms with Crippen LogP contribution >= 0.6 is 35.0 Å². The fourth-order valence-corrected chi connectivity index (χ4v) is 4.85. The van der Waals surface area contributed by atoms with Crippen LogP contribution in [-0.4, -0.2) is 52.9 Å². The van der Waals surface area contributed by atoms with E-state index in [0.29, 0.717) is 32.0 Å². The van der Waals surface area contributed by atoms with E-state index in [0.717, 1.165) is 25.9 Å². The molecule has 2 aromatic rings. The van der Waals surface area contributed by atoms with Crippen LogP contribution in [0.4, 0.5) is 0 Å². The monoisotopic (exact) mass is 471 g/mol. The van der Waals surface area contributed by atoms with E-state index in [4.69, 9.17) is 32.7 Å². The Morgan fingerprint density at radius 1 is 1.20 bits per heavy atom. The fraction of sp³-hybridized carbons (Fsp3) is 0.450. The van der Waals surface area contributed by atoms with E-state index in [-0.39, 0.29) is 10.9 Å². The van der Waals surface area contributed by atoms with E-state index in [9.17, 15) is 9.59 Å². The highest BCUT2D eigenvalue weighted by Gasteiger charge is 2.28. The summed E-state index contributed by atoms with van der Waals surface area (Å²) in [6.07, 6.45) is 1.18. The first-order valence-electron chi connectivity index (χ1n) is 9.47. The molecule has 0 unspecified atom stereocenters. The van der Waals surface area contributed by atoms with Crippen molar-refractivity contribution in [3.05, 3.63) is 33.4 Å². The van der Waals surface area contributed by atoms with Crippen molar-refractivity contribution in [2.45, 2.75) is 42.7 Å². The molecule has 7 nitrogen and oxygen atoms in total. The lowest BCUT2D eigenvalue weighted by Gasteiger charge is -2.17. The predicted octanol–water partition coefficient (Wildman–Crippen LogP) is 4.36. The third-order valence-corrected chi connectivity index (χ3v) is 6.75. The Balaban J connectivity index is 1.94. The Bertz CT molecular complexity index is 973. The number of aromatic nitrogens is 2. The molecule has 0 spiro atoms. The summed E-state index contributed by atoms with van der Waals surface area (Å²) in [4.78, 5) is 27.3. The Labute approximate surface area is 189 Å². The topological polar surface area (TPSA) is 73.7 Å². The second kappa shape index (κ2) is 9.49. The number of carbonyl (C=O) groups excluding carboxylic acids is 2. The van der Waals surface area contributed by atoms with Gasteiger partial charge < -0.3 is 14.4 Å². The lowest BCUT2D eigenvalue weighted by molar-refractivity contribution is -0.147. The third kappa shape index (κ3) is 4.71. The maximum Gasteiger partial charge on any atom is 0.346 e. The smallest absolute Gasteiger partial charge is 0.346 e. The number of carbonyl (C=O) groups is 2. The van der Waals surface area contributed by atoms with Gasteiger partial charge in [-0.1, -0.05) is 35.0 Å². The van der Waals surface area contributed by atoms with Gasteiger partial charge in [0, 0.05) is 25.0 Å². The van der Waals surface area contributed by atoms with Crippen molar-refractivity contribution < 1.29 is 19.1 Å². The minimum Gasteiger partial charge on any atom is -0.477 e. The normalized spacial score (nSPS) is 14.7. The molecule has 1 amide bonds. The number of likely N-dealkylation sites (tertiary alicyclic amines) is 1. The molecule has 0 radical (unpaired) electrons. The molecule has 1 aliphatic heterocycles. The maximum absolute atomic E-state index is 13.1. The van der Waals surface area contributed by atoms with Crippen LogP contribution in [0.1, 0.15) is 35.8 Å². The first kappa shape index (κ1) is 22.8. The Hall–Kier alpha value is -1.90. The van der Waals surface area contributed by atoms with Crippen LogP contribution in [0.5, 0.6) is 5.75 Å². The zero-order chi connectivity index (χ0) is 22.0. The molecule has 0 saturated carbocycles. The average molecular weight is 472 g/mol. The lowest BCUT2D eigenvalue weighted by Crippen LogP contribution is -2.28. The van der Waals surface area contributed by atoms with Gasteiger partial charge >= 0.3 is 5.97 Å². The van der Waals surface area contributed by atoms with Gasteiger partial charge in [-0.15, -0.1) is 0 Å². The number of methoxy groups -OCH3 is 1. The van der Waals surface area contributed by atoms with Crippen LogP contribution < -0.4 is 4.74 Å². The number of amides is 1. The summed E-state index contributed by atoms with van der Waals surface area (Å²) in [5, 5.41) is 5.80. The number of hydrogen-bond donors (Lipinski definition) is 0. The van der Waals surface area contributed by atoms with E-state index < -0.39 is 12.1 Å². The lowest BCUT2D eigenvalue weighted by atomic mass is 10.2. The number of benzene rings is 1. The summed E-state index contributed by atoms with van der Waals surface area (Å²) in [6, 6.07) is 3.21. The zero-order valence-electron chi connectivity index (χ0n) is 17.2. The molecule has 0 N–H and O–H groups in total. The second-order valence-corrected chi connectivity index (χ2v) is 8.83. The Morgan fingerprint density at radius 2 is 1.87 bits per heavy atom. The summed E-state index contributed by atoms with van der Waals surface area (Å²) in [7, 11) is 3.08. The molecular weight excluding hydrogens is 449 g/mol. The number of esters is 1. The van der Waals surface area contributed by atoms with E-state index in [2.05, 4.69) is 5.10 Å². The van der Waals surface area contributed by atoms with E-state index in [1.165, 1.54) is 18.9 Å². The summed E-state index contributed by atoms with van der Waals surface area (Å²) in [5.41, 5.74) is 1.23. The highest BCUT2D eigenvalue weighted by molar-refractivity contribution is 7.99. The molecule has 162 valence electrons. The fourth-order valence-electron chi connectivity index (χ4n) is 3.27. The van der Waals surface area contributed by atoms with Gasteiger partial charge in [0.15, 0.2) is 6.10 Å². The van der Waals surface area contributed by atoms with Gasteiger partial charge in [-0.2, -0.15) is 5.10 Å². The highest BCUT2D eigenvalue weighted by Crippen LogP contribution is 2.41. The van der Waals surface area contributed by atoms with Crippen LogP contribution in [0.2, 0.25) is 10.0 Å². The number of halogens is 2. The molecule has 0 aliphatic carbocycles. The van der Waals surface area contributed by atoms with Crippen LogP contribution in [-0.2, 0) is 16.6 Å². The number of rotatable bonds is 6. The molecule has 1 aromatic carbocycles. The molecule has 3 rings (SSSR count). The van der Waals surface area contributed by atoms with Crippen LogP contribution in [0.3, 0.4) is 0 Å². The maximum atomic E-state index is 13.1. The molecule has 1 aromatic heterocycles. The minimum atomic E-state index is -0.835. The molecule has 1 saturated heterocycles. The Kier molecular flexibility index (Phi) is 7.21. The van der Waals surface area contributed by atoms with Gasteiger partial charge in [-0.3, -0.25) is 9.48 Å². The summed E-state index contributed by atoms with van der Waals surface area (Å²) < 4.78 is 12.0. The molecule has 10 heteroatoms. The van der Waals surface area contributed by atoms with E-state index >= 15 is 0 Å². The van der Waals surface area contributed by atoms with Crippen LogP contribution in [0, 0.1) is 6.92 Å². The predicted molar refractivity (Wildman–Crippen MR) is 116 cm³/mol.